The van der Waals surface area contributed by atoms with Crippen LogP contribution >= 0.6 is 0 Å². The van der Waals surface area contributed by atoms with Crippen LogP contribution in [0, 0.1) is 17.5 Å². The lowest BCUT2D eigenvalue weighted by Gasteiger charge is -2.36. The number of nitrogens with zero attached hydrogens (tertiary/aromatic N) is 2. The molecule has 0 spiro atoms. The second-order valence-corrected chi connectivity index (χ2v) is 7.93. The molecule has 1 aliphatic heterocycles. The van der Waals surface area contributed by atoms with Crippen LogP contribution in [0.1, 0.15) is 0 Å². The van der Waals surface area contributed by atoms with E-state index in [0.29, 0.717) is 38.4 Å². The normalized spacial score (nSPS) is 15.9. The predicted octanol–water partition coefficient (Wildman–Crippen LogP) is 2.20. The fourth-order valence-corrected chi connectivity index (χ4v) is 4.22. The topological polar surface area (TPSA) is 52.7 Å². The maximum absolute atomic E-state index is 13.8. The number of hydrogen-bond donors (Lipinski definition) is 1. The number of hydrogen-bond acceptors (Lipinski definition) is 4. The van der Waals surface area contributed by atoms with E-state index in [1.54, 1.807) is 18.2 Å². The highest BCUT2D eigenvalue weighted by Crippen LogP contribution is 2.20. The van der Waals surface area contributed by atoms with Gasteiger partial charge in [-0.05, 0) is 24.3 Å². The molecular weight excluding hydrogens is 379 g/mol. The van der Waals surface area contributed by atoms with Crippen molar-refractivity contribution >= 4 is 15.7 Å². The molecule has 3 rings (SSSR count). The molecular formula is C18H20F3N3O2S. The van der Waals surface area contributed by atoms with E-state index in [1.165, 1.54) is 6.07 Å². The van der Waals surface area contributed by atoms with E-state index < -0.39 is 26.6 Å². The summed E-state index contributed by atoms with van der Waals surface area (Å²) in [5.74, 6) is -2.52. The van der Waals surface area contributed by atoms with Gasteiger partial charge in [-0.2, -0.15) is 0 Å². The van der Waals surface area contributed by atoms with Crippen molar-refractivity contribution in [2.24, 2.45) is 0 Å². The third kappa shape index (κ3) is 4.60. The van der Waals surface area contributed by atoms with Gasteiger partial charge in [0.2, 0.25) is 10.0 Å². The lowest BCUT2D eigenvalue weighted by atomic mass is 10.2. The molecule has 9 heteroatoms. The van der Waals surface area contributed by atoms with Crippen LogP contribution in [0.5, 0.6) is 0 Å². The van der Waals surface area contributed by atoms with Gasteiger partial charge in [0.15, 0.2) is 4.90 Å². The number of halogens is 3. The van der Waals surface area contributed by atoms with Gasteiger partial charge in [-0.25, -0.2) is 26.3 Å². The van der Waals surface area contributed by atoms with E-state index in [9.17, 15) is 21.6 Å². The quantitative estimate of drug-likeness (QED) is 0.809. The molecule has 1 saturated heterocycles. The fraction of sp³-hybridized carbons (Fsp3) is 0.333. The molecule has 146 valence electrons. The smallest absolute Gasteiger partial charge is 0.246 e. The maximum Gasteiger partial charge on any atom is 0.246 e. The summed E-state index contributed by atoms with van der Waals surface area (Å²) in [6.45, 7) is 2.88. The summed E-state index contributed by atoms with van der Waals surface area (Å²) in [6, 6.07) is 9.47. The first-order valence-electron chi connectivity index (χ1n) is 8.54. The molecule has 0 amide bonds. The van der Waals surface area contributed by atoms with Crippen LogP contribution in [0.3, 0.4) is 0 Å². The minimum absolute atomic E-state index is 0.0236. The first-order chi connectivity index (χ1) is 12.9. The van der Waals surface area contributed by atoms with Crippen LogP contribution in [0.15, 0.2) is 47.4 Å². The maximum atomic E-state index is 13.8. The largest absolute Gasteiger partial charge is 0.367 e. The van der Waals surface area contributed by atoms with Gasteiger partial charge in [-0.15, -0.1) is 0 Å². The van der Waals surface area contributed by atoms with Crippen molar-refractivity contribution in [3.8, 4) is 0 Å². The summed E-state index contributed by atoms with van der Waals surface area (Å²) >= 11 is 0. The van der Waals surface area contributed by atoms with E-state index in [-0.39, 0.29) is 12.4 Å². The van der Waals surface area contributed by atoms with Crippen molar-refractivity contribution < 1.29 is 21.6 Å². The van der Waals surface area contributed by atoms with Crippen LogP contribution in [-0.4, -0.2) is 52.6 Å². The third-order valence-electron chi connectivity index (χ3n) is 4.47. The van der Waals surface area contributed by atoms with Crippen molar-refractivity contribution in [2.75, 3.05) is 44.2 Å². The lowest BCUT2D eigenvalue weighted by molar-refractivity contribution is 0.261. The number of nitrogens with one attached hydrogen (secondary N) is 1. The molecule has 5 nitrogen and oxygen atoms in total. The Kier molecular flexibility index (Phi) is 6.03. The van der Waals surface area contributed by atoms with Gasteiger partial charge in [-0.1, -0.05) is 18.2 Å². The van der Waals surface area contributed by atoms with Crippen LogP contribution < -0.4 is 9.62 Å². The Bertz CT molecular complexity index is 880. The first-order valence-corrected chi connectivity index (χ1v) is 10.0. The van der Waals surface area contributed by atoms with Crippen molar-refractivity contribution in [1.29, 1.82) is 0 Å². The summed E-state index contributed by atoms with van der Waals surface area (Å²) in [5.41, 5.74) is 0.549. The zero-order chi connectivity index (χ0) is 19.4. The monoisotopic (exact) mass is 399 g/mol. The lowest BCUT2D eigenvalue weighted by Crippen LogP contribution is -2.48. The molecule has 2 aromatic rings. The van der Waals surface area contributed by atoms with Crippen molar-refractivity contribution in [3.63, 3.8) is 0 Å². The summed E-state index contributed by atoms with van der Waals surface area (Å²) in [4.78, 5) is 2.98. The minimum Gasteiger partial charge on any atom is -0.367 e. The molecule has 0 atom stereocenters. The molecule has 0 aliphatic carbocycles. The summed E-state index contributed by atoms with van der Waals surface area (Å²) in [7, 11) is -4.27. The minimum atomic E-state index is -4.27. The number of anilines is 1. The number of sulfonamides is 1. The van der Waals surface area contributed by atoms with Crippen LogP contribution in [0.4, 0.5) is 18.9 Å². The Morgan fingerprint density at radius 3 is 2.07 bits per heavy atom. The van der Waals surface area contributed by atoms with Crippen molar-refractivity contribution in [1.82, 2.24) is 9.62 Å². The Morgan fingerprint density at radius 1 is 0.852 bits per heavy atom. The summed E-state index contributed by atoms with van der Waals surface area (Å²) < 4.78 is 67.7. The van der Waals surface area contributed by atoms with E-state index >= 15 is 0 Å². The SMILES string of the molecule is O=S(=O)(NCCN1CCN(c2ccccc2F)CC1)c1c(F)cccc1F. The highest BCUT2D eigenvalue weighted by atomic mass is 32.2. The molecule has 1 fully saturated rings. The second-order valence-electron chi connectivity index (χ2n) is 6.23. The van der Waals surface area contributed by atoms with Crippen LogP contribution in [0.2, 0.25) is 0 Å². The summed E-state index contributed by atoms with van der Waals surface area (Å²) in [6.07, 6.45) is 0. The van der Waals surface area contributed by atoms with Gasteiger partial charge < -0.3 is 4.90 Å². The highest BCUT2D eigenvalue weighted by molar-refractivity contribution is 7.89. The van der Waals surface area contributed by atoms with Gasteiger partial charge in [0.1, 0.15) is 17.5 Å². The molecule has 0 unspecified atom stereocenters. The average Bonchev–Trinajstić information content (AvgIpc) is 2.62. The van der Waals surface area contributed by atoms with Gasteiger partial charge in [-0.3, -0.25) is 4.90 Å². The second kappa shape index (κ2) is 8.28. The number of piperazine rings is 1. The number of para-hydroxylation sites is 1. The predicted molar refractivity (Wildman–Crippen MR) is 96.6 cm³/mol. The molecule has 1 N–H and O–H groups in total. The Morgan fingerprint density at radius 2 is 1.44 bits per heavy atom. The standard InChI is InChI=1S/C18H20F3N3O2S/c19-14-4-1-2-7-17(14)24-12-10-23(11-13-24)9-8-22-27(25,26)18-15(20)5-3-6-16(18)21/h1-7,22H,8-13H2. The van der Waals surface area contributed by atoms with Crippen molar-refractivity contribution in [3.05, 3.63) is 59.9 Å². The molecule has 0 saturated carbocycles. The third-order valence-corrected chi connectivity index (χ3v) is 5.98. The Hall–Kier alpha value is -2.10. The zero-order valence-electron chi connectivity index (χ0n) is 14.5. The van der Waals surface area contributed by atoms with E-state index in [1.807, 2.05) is 9.80 Å². The van der Waals surface area contributed by atoms with E-state index in [0.717, 1.165) is 18.2 Å². The molecule has 27 heavy (non-hydrogen) atoms. The van der Waals surface area contributed by atoms with Crippen LogP contribution in [-0.2, 0) is 10.0 Å². The van der Waals surface area contributed by atoms with Crippen LogP contribution in [0.25, 0.3) is 0 Å². The van der Waals surface area contributed by atoms with Gasteiger partial charge >= 0.3 is 0 Å². The number of benzene rings is 2. The van der Waals surface area contributed by atoms with E-state index in [4.69, 9.17) is 0 Å². The van der Waals surface area contributed by atoms with E-state index in [2.05, 4.69) is 4.72 Å². The molecule has 0 bridgehead atoms. The number of rotatable bonds is 6. The molecule has 0 radical (unpaired) electrons. The van der Waals surface area contributed by atoms with Gasteiger partial charge in [0, 0.05) is 39.3 Å². The molecule has 0 aromatic heterocycles. The van der Waals surface area contributed by atoms with Gasteiger partial charge in [0.25, 0.3) is 0 Å². The fourth-order valence-electron chi connectivity index (χ4n) is 3.07. The molecule has 1 heterocycles. The highest BCUT2D eigenvalue weighted by Gasteiger charge is 2.24. The Labute approximate surface area is 156 Å². The molecule has 1 aliphatic rings. The first kappa shape index (κ1) is 19.7. The van der Waals surface area contributed by atoms with Gasteiger partial charge in [0.05, 0.1) is 5.69 Å². The summed E-state index contributed by atoms with van der Waals surface area (Å²) in [5, 5.41) is 0. The average molecular weight is 399 g/mol. The van der Waals surface area contributed by atoms with Crippen molar-refractivity contribution in [2.45, 2.75) is 4.90 Å². The Balaban J connectivity index is 1.51. The molecule has 2 aromatic carbocycles. The zero-order valence-corrected chi connectivity index (χ0v) is 15.4.